The van der Waals surface area contributed by atoms with E-state index in [1.165, 1.54) is 6.07 Å². The number of rotatable bonds is 2. The summed E-state index contributed by atoms with van der Waals surface area (Å²) in [6.45, 7) is -0.877. The van der Waals surface area contributed by atoms with Gasteiger partial charge in [-0.3, -0.25) is 0 Å². The van der Waals surface area contributed by atoms with Gasteiger partial charge in [-0.05, 0) is 0 Å². The van der Waals surface area contributed by atoms with E-state index >= 15 is 0 Å². The molecule has 0 aliphatic heterocycles. The summed E-state index contributed by atoms with van der Waals surface area (Å²) < 4.78 is 67.8. The zero-order valence-corrected chi connectivity index (χ0v) is 7.86. The van der Waals surface area contributed by atoms with Crippen LogP contribution in [0.3, 0.4) is 0 Å². The lowest BCUT2D eigenvalue weighted by Gasteiger charge is -2.06. The Hall–Kier alpha value is -2.17. The van der Waals surface area contributed by atoms with Gasteiger partial charge in [-0.1, -0.05) is 0 Å². The lowest BCUT2D eigenvalue weighted by Crippen LogP contribution is -2.15. The van der Waals surface area contributed by atoms with Crippen LogP contribution in [-0.4, -0.2) is 12.6 Å². The van der Waals surface area contributed by atoms with E-state index in [0.717, 1.165) is 0 Å². The van der Waals surface area contributed by atoms with Crippen molar-refractivity contribution in [3.05, 3.63) is 34.6 Å². The van der Waals surface area contributed by atoms with Crippen molar-refractivity contribution in [3.8, 4) is 6.07 Å². The number of ether oxygens (including phenoxy) is 1. The standard InChI is InChI=1S/C9H2F5NO2/c10-4-3(9(16)17-2-1-15)5(11)7(13)8(14)6(4)12/h2H2. The molecule has 1 aromatic carbocycles. The van der Waals surface area contributed by atoms with Gasteiger partial charge in [0, 0.05) is 0 Å². The van der Waals surface area contributed by atoms with Crippen molar-refractivity contribution in [3.63, 3.8) is 0 Å². The first-order chi connectivity index (χ1) is 7.91. The quantitative estimate of drug-likeness (QED) is 0.350. The zero-order valence-electron chi connectivity index (χ0n) is 7.86. The highest BCUT2D eigenvalue weighted by atomic mass is 19.2. The van der Waals surface area contributed by atoms with Gasteiger partial charge in [-0.15, -0.1) is 0 Å². The number of nitrogens with zero attached hydrogens (tertiary/aromatic N) is 1. The number of hydrogen-bond acceptors (Lipinski definition) is 3. The second-order valence-corrected chi connectivity index (χ2v) is 2.68. The molecule has 0 N–H and O–H groups in total. The van der Waals surface area contributed by atoms with Crippen LogP contribution in [0, 0.1) is 40.4 Å². The van der Waals surface area contributed by atoms with Gasteiger partial charge >= 0.3 is 5.97 Å². The Labute approximate surface area is 91.0 Å². The largest absolute Gasteiger partial charge is 0.447 e. The smallest absolute Gasteiger partial charge is 0.345 e. The van der Waals surface area contributed by atoms with Gasteiger partial charge < -0.3 is 4.74 Å². The molecule has 0 aliphatic rings. The predicted molar refractivity (Wildman–Crippen MR) is 42.1 cm³/mol. The fraction of sp³-hybridized carbons (Fsp3) is 0.111. The highest BCUT2D eigenvalue weighted by Gasteiger charge is 2.30. The SMILES string of the molecule is N#CCOC(=O)c1c(F)c(F)c(F)c(F)c1F. The molecule has 3 nitrogen and oxygen atoms in total. The first kappa shape index (κ1) is 12.9. The molecule has 0 amide bonds. The van der Waals surface area contributed by atoms with Gasteiger partial charge in [-0.25, -0.2) is 26.7 Å². The van der Waals surface area contributed by atoms with E-state index in [1.54, 1.807) is 0 Å². The second kappa shape index (κ2) is 4.78. The molecule has 0 fully saturated rings. The average Bonchev–Trinajstić information content (AvgIpc) is 2.31. The molecular formula is C9H2F5NO2. The molecule has 8 heteroatoms. The molecule has 0 aromatic heterocycles. The Morgan fingerprint density at radius 2 is 1.41 bits per heavy atom. The van der Waals surface area contributed by atoms with Crippen molar-refractivity contribution in [1.29, 1.82) is 5.26 Å². The highest BCUT2D eigenvalue weighted by molar-refractivity contribution is 5.90. The van der Waals surface area contributed by atoms with E-state index in [4.69, 9.17) is 5.26 Å². The molecule has 0 radical (unpaired) electrons. The molecule has 90 valence electrons. The fourth-order valence-electron chi connectivity index (χ4n) is 0.954. The molecule has 0 atom stereocenters. The summed E-state index contributed by atoms with van der Waals surface area (Å²) in [4.78, 5) is 11.0. The van der Waals surface area contributed by atoms with E-state index in [1.807, 2.05) is 0 Å². The van der Waals surface area contributed by atoms with Gasteiger partial charge in [0.05, 0.1) is 0 Å². The summed E-state index contributed by atoms with van der Waals surface area (Å²) in [5, 5.41) is 8.03. The average molecular weight is 251 g/mol. The van der Waals surface area contributed by atoms with Crippen LogP contribution >= 0.6 is 0 Å². The van der Waals surface area contributed by atoms with Gasteiger partial charge in [0.25, 0.3) is 0 Å². The van der Waals surface area contributed by atoms with Crippen molar-refractivity contribution in [2.45, 2.75) is 0 Å². The van der Waals surface area contributed by atoms with Gasteiger partial charge in [0.15, 0.2) is 29.9 Å². The Morgan fingerprint density at radius 3 is 1.82 bits per heavy atom. The van der Waals surface area contributed by atoms with Crippen LogP contribution in [0.1, 0.15) is 10.4 Å². The summed E-state index contributed by atoms with van der Waals surface area (Å²) in [6.07, 6.45) is 0. The molecule has 17 heavy (non-hydrogen) atoms. The normalized spacial score (nSPS) is 9.88. The van der Waals surface area contributed by atoms with Crippen LogP contribution in [0.2, 0.25) is 0 Å². The minimum Gasteiger partial charge on any atom is -0.447 e. The van der Waals surface area contributed by atoms with E-state index in [9.17, 15) is 26.7 Å². The van der Waals surface area contributed by atoms with Crippen LogP contribution in [0.15, 0.2) is 0 Å². The molecule has 0 aliphatic carbocycles. The second-order valence-electron chi connectivity index (χ2n) is 2.68. The minimum atomic E-state index is -2.38. The fourth-order valence-corrected chi connectivity index (χ4v) is 0.954. The summed E-state index contributed by atoms with van der Waals surface area (Å²) in [5.41, 5.74) is -1.73. The Kier molecular flexibility index (Phi) is 3.62. The van der Waals surface area contributed by atoms with Gasteiger partial charge in [-0.2, -0.15) is 5.26 Å². The van der Waals surface area contributed by atoms with Crippen molar-refractivity contribution >= 4 is 5.97 Å². The van der Waals surface area contributed by atoms with Gasteiger partial charge in [0.1, 0.15) is 11.6 Å². The van der Waals surface area contributed by atoms with E-state index in [2.05, 4.69) is 4.74 Å². The topological polar surface area (TPSA) is 50.1 Å². The maximum absolute atomic E-state index is 13.0. The minimum absolute atomic E-state index is 0.877. The Bertz CT molecular complexity index is 494. The third-order valence-electron chi connectivity index (χ3n) is 1.68. The number of nitriles is 1. The maximum Gasteiger partial charge on any atom is 0.345 e. The van der Waals surface area contributed by atoms with Crippen LogP contribution in [-0.2, 0) is 4.74 Å². The van der Waals surface area contributed by atoms with Crippen LogP contribution in [0.25, 0.3) is 0 Å². The van der Waals surface area contributed by atoms with E-state index < -0.39 is 47.2 Å². The van der Waals surface area contributed by atoms with Crippen molar-refractivity contribution < 1.29 is 31.5 Å². The number of hydrogen-bond donors (Lipinski definition) is 0. The van der Waals surface area contributed by atoms with Crippen molar-refractivity contribution in [2.24, 2.45) is 0 Å². The Balaban J connectivity index is 3.35. The number of halogens is 5. The zero-order chi connectivity index (χ0) is 13.2. The molecule has 0 spiro atoms. The maximum atomic E-state index is 13.0. The first-order valence-corrected chi connectivity index (χ1v) is 3.97. The molecule has 0 saturated carbocycles. The summed E-state index contributed by atoms with van der Waals surface area (Å²) in [5.74, 6) is -13.3. The van der Waals surface area contributed by atoms with E-state index in [-0.39, 0.29) is 0 Å². The highest BCUT2D eigenvalue weighted by Crippen LogP contribution is 2.23. The molecule has 0 bridgehead atoms. The molecule has 0 unspecified atom stereocenters. The number of carbonyl (C=O) groups is 1. The van der Waals surface area contributed by atoms with Crippen molar-refractivity contribution in [2.75, 3.05) is 6.61 Å². The van der Waals surface area contributed by atoms with Gasteiger partial charge in [0.2, 0.25) is 5.82 Å². The first-order valence-electron chi connectivity index (χ1n) is 3.97. The molecular weight excluding hydrogens is 249 g/mol. The van der Waals surface area contributed by atoms with Crippen LogP contribution < -0.4 is 0 Å². The third-order valence-corrected chi connectivity index (χ3v) is 1.68. The molecule has 1 rings (SSSR count). The monoisotopic (exact) mass is 251 g/mol. The van der Waals surface area contributed by atoms with E-state index in [0.29, 0.717) is 0 Å². The van der Waals surface area contributed by atoms with Crippen LogP contribution in [0.4, 0.5) is 22.0 Å². The predicted octanol–water partition coefficient (Wildman–Crippen LogP) is 2.06. The van der Waals surface area contributed by atoms with Crippen molar-refractivity contribution in [1.82, 2.24) is 0 Å². The lowest BCUT2D eigenvalue weighted by atomic mass is 10.1. The summed E-state index contributed by atoms with van der Waals surface area (Å²) >= 11 is 0. The number of benzene rings is 1. The van der Waals surface area contributed by atoms with Crippen LogP contribution in [0.5, 0.6) is 0 Å². The molecule has 1 aromatic rings. The number of carbonyl (C=O) groups excluding carboxylic acids is 1. The Morgan fingerprint density at radius 1 is 1.00 bits per heavy atom. The summed E-state index contributed by atoms with van der Waals surface area (Å²) in [6, 6.07) is 1.30. The molecule has 0 saturated heterocycles. The lowest BCUT2D eigenvalue weighted by molar-refractivity contribution is 0.0540. The molecule has 0 heterocycles. The third kappa shape index (κ3) is 2.18. The number of esters is 1. The summed E-state index contributed by atoms with van der Waals surface area (Å²) in [7, 11) is 0.